The van der Waals surface area contributed by atoms with Gasteiger partial charge in [0.1, 0.15) is 12.1 Å². The van der Waals surface area contributed by atoms with E-state index in [9.17, 15) is 9.59 Å². The molecule has 3 heterocycles. The number of aryl methyl sites for hydroxylation is 1. The number of aromatic amines is 1. The van der Waals surface area contributed by atoms with Gasteiger partial charge >= 0.3 is 0 Å². The third kappa shape index (κ3) is 3.32. The van der Waals surface area contributed by atoms with Crippen LogP contribution in [0.5, 0.6) is 0 Å². The zero-order chi connectivity index (χ0) is 21.9. The van der Waals surface area contributed by atoms with Crippen molar-refractivity contribution in [2.24, 2.45) is 18.7 Å². The summed E-state index contributed by atoms with van der Waals surface area (Å²) in [7, 11) is 1.79. The number of hydrogen-bond acceptors (Lipinski definition) is 6. The molecule has 1 aliphatic rings. The van der Waals surface area contributed by atoms with Gasteiger partial charge in [0.2, 0.25) is 5.24 Å². The second kappa shape index (κ2) is 6.92. The monoisotopic (exact) mass is 435 g/mol. The van der Waals surface area contributed by atoms with Crippen molar-refractivity contribution < 1.29 is 9.59 Å². The average Bonchev–Trinajstić information content (AvgIpc) is 3.22. The number of carbonyl (C=O) groups is 2. The van der Waals surface area contributed by atoms with Crippen molar-refractivity contribution in [3.63, 3.8) is 0 Å². The number of aromatic nitrogens is 5. The van der Waals surface area contributed by atoms with E-state index in [0.717, 1.165) is 22.4 Å². The van der Waals surface area contributed by atoms with Crippen LogP contribution in [0.3, 0.4) is 0 Å². The average molecular weight is 436 g/mol. The maximum absolute atomic E-state index is 11.8. The summed E-state index contributed by atoms with van der Waals surface area (Å²) in [5.74, 6) is 0.103. The van der Waals surface area contributed by atoms with Crippen LogP contribution in [-0.4, -0.2) is 35.9 Å². The van der Waals surface area contributed by atoms with Gasteiger partial charge in [0.05, 0.1) is 11.1 Å². The first-order valence-corrected chi connectivity index (χ1v) is 9.97. The molecule has 10 heteroatoms. The molecule has 2 atom stereocenters. The van der Waals surface area contributed by atoms with Crippen molar-refractivity contribution in [3.8, 4) is 22.6 Å². The minimum absolute atomic E-state index is 0.0460. The molecule has 1 saturated carbocycles. The minimum Gasteiger partial charge on any atom is -0.382 e. The van der Waals surface area contributed by atoms with Crippen LogP contribution < -0.4 is 11.5 Å². The molecule has 0 spiro atoms. The largest absolute Gasteiger partial charge is 0.382 e. The van der Waals surface area contributed by atoms with E-state index in [4.69, 9.17) is 23.1 Å². The Labute approximate surface area is 181 Å². The Morgan fingerprint density at radius 1 is 1.19 bits per heavy atom. The zero-order valence-electron chi connectivity index (χ0n) is 16.5. The van der Waals surface area contributed by atoms with Crippen LogP contribution in [0.1, 0.15) is 28.3 Å². The molecular formula is C21H18ClN7O2. The van der Waals surface area contributed by atoms with Crippen LogP contribution in [-0.2, 0) is 11.8 Å². The number of halogens is 1. The van der Waals surface area contributed by atoms with Gasteiger partial charge in [-0.3, -0.25) is 14.3 Å². The highest BCUT2D eigenvalue weighted by Crippen LogP contribution is 2.50. The van der Waals surface area contributed by atoms with Gasteiger partial charge in [-0.2, -0.15) is 5.10 Å². The van der Waals surface area contributed by atoms with Gasteiger partial charge in [-0.1, -0.05) is 0 Å². The molecule has 0 radical (unpaired) electrons. The van der Waals surface area contributed by atoms with Gasteiger partial charge in [-0.15, -0.1) is 0 Å². The lowest BCUT2D eigenvalue weighted by Crippen LogP contribution is -2.12. The predicted octanol–water partition coefficient (Wildman–Crippen LogP) is 2.58. The van der Waals surface area contributed by atoms with Crippen LogP contribution in [0.25, 0.3) is 33.5 Å². The summed E-state index contributed by atoms with van der Waals surface area (Å²) in [4.78, 5) is 35.1. The summed E-state index contributed by atoms with van der Waals surface area (Å²) in [6, 6.07) is 7.74. The normalized spacial score (nSPS) is 17.7. The minimum atomic E-state index is -0.586. The lowest BCUT2D eigenvalue weighted by atomic mass is 9.99. The number of benzene rings is 1. The Kier molecular flexibility index (Phi) is 4.30. The Morgan fingerprint density at radius 3 is 2.61 bits per heavy atom. The molecule has 0 aliphatic heterocycles. The molecular weight excluding hydrogens is 418 g/mol. The van der Waals surface area contributed by atoms with Crippen molar-refractivity contribution in [3.05, 3.63) is 47.9 Å². The standard InChI is InChI=1S/C21H18ClN7O2/c1-29-8-26-21(28-29)11-3-9(12-5-14(12)18(22)30)2-10(4-11)16-6-13-15(20(24)31)7-25-19(23)17(13)27-16/h2-4,6-8,12,14,27H,5H2,1H3,(H2,23,25)(H2,24,31). The number of nitrogens with two attached hydrogens (primary N) is 2. The number of rotatable bonds is 5. The topological polar surface area (TPSA) is 146 Å². The first-order chi connectivity index (χ1) is 14.8. The lowest BCUT2D eigenvalue weighted by Gasteiger charge is -2.07. The van der Waals surface area contributed by atoms with E-state index in [1.54, 1.807) is 18.1 Å². The molecule has 156 valence electrons. The number of fused-ring (bicyclic) bond motifs is 1. The van der Waals surface area contributed by atoms with Crippen LogP contribution in [0.2, 0.25) is 0 Å². The fourth-order valence-corrected chi connectivity index (χ4v) is 4.17. The molecule has 1 aliphatic carbocycles. The highest BCUT2D eigenvalue weighted by Gasteiger charge is 2.43. The van der Waals surface area contributed by atoms with Crippen molar-refractivity contribution >= 4 is 39.5 Å². The Balaban J connectivity index is 1.68. The van der Waals surface area contributed by atoms with E-state index in [2.05, 4.69) is 20.1 Å². The van der Waals surface area contributed by atoms with E-state index in [1.165, 1.54) is 6.20 Å². The first-order valence-electron chi connectivity index (χ1n) is 9.59. The van der Waals surface area contributed by atoms with Crippen LogP contribution in [0.4, 0.5) is 5.82 Å². The van der Waals surface area contributed by atoms with Crippen molar-refractivity contribution in [2.45, 2.75) is 12.3 Å². The van der Waals surface area contributed by atoms with Crippen LogP contribution >= 0.6 is 11.6 Å². The predicted molar refractivity (Wildman–Crippen MR) is 116 cm³/mol. The number of anilines is 1. The number of nitrogens with zero attached hydrogens (tertiary/aromatic N) is 4. The molecule has 5 N–H and O–H groups in total. The molecule has 0 saturated heterocycles. The Hall–Kier alpha value is -3.72. The molecule has 2 unspecified atom stereocenters. The summed E-state index contributed by atoms with van der Waals surface area (Å²) in [5.41, 5.74) is 15.7. The summed E-state index contributed by atoms with van der Waals surface area (Å²) >= 11 is 5.72. The molecule has 3 aromatic heterocycles. The number of carbonyl (C=O) groups excluding carboxylic acids is 2. The molecule has 1 amide bonds. The van der Waals surface area contributed by atoms with Gasteiger partial charge in [0.15, 0.2) is 5.82 Å². The third-order valence-electron chi connectivity index (χ3n) is 5.60. The maximum Gasteiger partial charge on any atom is 0.250 e. The highest BCUT2D eigenvalue weighted by atomic mass is 35.5. The second-order valence-electron chi connectivity index (χ2n) is 7.73. The van der Waals surface area contributed by atoms with Gasteiger partial charge in [0, 0.05) is 35.8 Å². The maximum atomic E-state index is 11.8. The number of amides is 1. The van der Waals surface area contributed by atoms with E-state index in [0.29, 0.717) is 23.1 Å². The summed E-state index contributed by atoms with van der Waals surface area (Å²) in [5, 5.41) is 4.66. The second-order valence-corrected chi connectivity index (χ2v) is 8.10. The SMILES string of the molecule is Cn1cnc(-c2cc(-c3cc4c(C(N)=O)cnc(N)c4[nH]3)cc(C3CC3C(=O)Cl)c2)n1. The molecule has 1 fully saturated rings. The molecule has 0 bridgehead atoms. The van der Waals surface area contributed by atoms with Gasteiger partial charge in [-0.25, -0.2) is 9.97 Å². The quantitative estimate of drug-likeness (QED) is 0.410. The zero-order valence-corrected chi connectivity index (χ0v) is 17.2. The van der Waals surface area contributed by atoms with Gasteiger partial charge in [-0.05, 0) is 59.3 Å². The van der Waals surface area contributed by atoms with Crippen LogP contribution in [0, 0.1) is 5.92 Å². The molecule has 1 aromatic carbocycles. The Morgan fingerprint density at radius 2 is 1.97 bits per heavy atom. The number of nitrogen functional groups attached to an aromatic ring is 1. The fourth-order valence-electron chi connectivity index (χ4n) is 3.93. The smallest absolute Gasteiger partial charge is 0.250 e. The molecule has 9 nitrogen and oxygen atoms in total. The summed E-state index contributed by atoms with van der Waals surface area (Å²) in [6.07, 6.45) is 3.70. The van der Waals surface area contributed by atoms with E-state index < -0.39 is 5.91 Å². The van der Waals surface area contributed by atoms with E-state index >= 15 is 0 Å². The number of pyridine rings is 1. The van der Waals surface area contributed by atoms with Gasteiger partial charge < -0.3 is 16.5 Å². The van der Waals surface area contributed by atoms with Crippen molar-refractivity contribution in [1.82, 2.24) is 24.7 Å². The van der Waals surface area contributed by atoms with E-state index in [1.807, 2.05) is 24.3 Å². The number of hydrogen-bond donors (Lipinski definition) is 3. The summed E-state index contributed by atoms with van der Waals surface area (Å²) in [6.45, 7) is 0. The first kappa shape index (κ1) is 19.3. The number of nitrogens with one attached hydrogen (secondary N) is 1. The highest BCUT2D eigenvalue weighted by molar-refractivity contribution is 6.64. The molecule has 5 rings (SSSR count). The molecule has 4 aromatic rings. The fraction of sp³-hybridized carbons (Fsp3) is 0.190. The van der Waals surface area contributed by atoms with Gasteiger partial charge in [0.25, 0.3) is 5.91 Å². The lowest BCUT2D eigenvalue weighted by molar-refractivity contribution is -0.112. The number of primary amides is 1. The Bertz CT molecular complexity index is 1370. The van der Waals surface area contributed by atoms with Crippen molar-refractivity contribution in [1.29, 1.82) is 0 Å². The third-order valence-corrected chi connectivity index (χ3v) is 5.88. The van der Waals surface area contributed by atoms with E-state index in [-0.39, 0.29) is 28.5 Å². The van der Waals surface area contributed by atoms with Crippen LogP contribution in [0.15, 0.2) is 36.8 Å². The number of H-pyrrole nitrogens is 1. The molecule has 31 heavy (non-hydrogen) atoms. The van der Waals surface area contributed by atoms with Crippen molar-refractivity contribution in [2.75, 3.05) is 5.73 Å². The summed E-state index contributed by atoms with van der Waals surface area (Å²) < 4.78 is 1.62.